The Bertz CT molecular complexity index is 640. The summed E-state index contributed by atoms with van der Waals surface area (Å²) in [6, 6.07) is 6.55. The summed E-state index contributed by atoms with van der Waals surface area (Å²) in [7, 11) is -3.70. The molecule has 0 radical (unpaired) electrons. The normalized spacial score (nSPS) is 23.0. The lowest BCUT2D eigenvalue weighted by Gasteiger charge is -2.21. The summed E-state index contributed by atoms with van der Waals surface area (Å²) in [6.07, 6.45) is 0.617. The van der Waals surface area contributed by atoms with Crippen molar-refractivity contribution in [3.05, 3.63) is 29.8 Å². The van der Waals surface area contributed by atoms with Crippen LogP contribution < -0.4 is 4.18 Å². The van der Waals surface area contributed by atoms with Crippen LogP contribution in [0.4, 0.5) is 0 Å². The average Bonchev–Trinajstić information content (AvgIpc) is 2.70. The van der Waals surface area contributed by atoms with Gasteiger partial charge in [-0.15, -0.1) is 0 Å². The molecule has 0 aromatic heterocycles. The first kappa shape index (κ1) is 15.8. The van der Waals surface area contributed by atoms with E-state index in [0.29, 0.717) is 13.0 Å². The Kier molecular flexibility index (Phi) is 3.78. The zero-order chi connectivity index (χ0) is 15.9. The molecule has 1 heterocycles. The van der Waals surface area contributed by atoms with Gasteiger partial charge in [-0.1, -0.05) is 12.1 Å². The van der Waals surface area contributed by atoms with Crippen molar-refractivity contribution in [3.63, 3.8) is 0 Å². The number of carbonyl (C=O) groups excluding carboxylic acids is 1. The lowest BCUT2D eigenvalue weighted by atomic mass is 9.81. The first-order valence-electron chi connectivity index (χ1n) is 6.78. The highest BCUT2D eigenvalue weighted by atomic mass is 32.2. The molecule has 0 spiro atoms. The summed E-state index contributed by atoms with van der Waals surface area (Å²) in [5.41, 5.74) is 0.132. The van der Waals surface area contributed by atoms with E-state index in [-0.39, 0.29) is 11.7 Å². The van der Waals surface area contributed by atoms with E-state index in [1.807, 2.05) is 6.92 Å². The molecule has 0 saturated carbocycles. The Balaban J connectivity index is 2.23. The van der Waals surface area contributed by atoms with Crippen molar-refractivity contribution in [1.82, 2.24) is 0 Å². The van der Waals surface area contributed by atoms with Crippen LogP contribution in [0.5, 0.6) is 5.75 Å². The second-order valence-electron chi connectivity index (χ2n) is 6.39. The fourth-order valence-electron chi connectivity index (χ4n) is 2.00. The molecule has 5 nitrogen and oxygen atoms in total. The highest BCUT2D eigenvalue weighted by molar-refractivity contribution is 7.88. The molecule has 1 atom stereocenters. The smallest absolute Gasteiger partial charge is 0.316 e. The number of hydrogen-bond donors (Lipinski definition) is 0. The van der Waals surface area contributed by atoms with E-state index in [2.05, 4.69) is 0 Å². The van der Waals surface area contributed by atoms with Gasteiger partial charge in [0, 0.05) is 6.42 Å². The van der Waals surface area contributed by atoms with Crippen LogP contribution in [0.2, 0.25) is 0 Å². The Morgan fingerprint density at radius 2 is 1.76 bits per heavy atom. The van der Waals surface area contributed by atoms with Crippen molar-refractivity contribution in [2.45, 2.75) is 44.3 Å². The lowest BCUT2D eigenvalue weighted by molar-refractivity contribution is -0.142. The maximum atomic E-state index is 12.0. The number of rotatable bonds is 3. The molecule has 21 heavy (non-hydrogen) atoms. The first-order valence-corrected chi connectivity index (χ1v) is 8.19. The third kappa shape index (κ3) is 2.90. The van der Waals surface area contributed by atoms with Gasteiger partial charge in [0.15, 0.2) is 0 Å². The third-order valence-electron chi connectivity index (χ3n) is 3.73. The molecule has 1 fully saturated rings. The molecule has 0 bridgehead atoms. The second-order valence-corrected chi connectivity index (χ2v) is 8.69. The van der Waals surface area contributed by atoms with Crippen molar-refractivity contribution < 1.29 is 22.1 Å². The predicted molar refractivity (Wildman–Crippen MR) is 78.7 cm³/mol. The van der Waals surface area contributed by atoms with E-state index in [0.717, 1.165) is 5.56 Å². The van der Waals surface area contributed by atoms with Crippen LogP contribution in [-0.4, -0.2) is 25.7 Å². The molecule has 0 amide bonds. The van der Waals surface area contributed by atoms with Crippen molar-refractivity contribution in [2.75, 3.05) is 6.61 Å². The Hall–Kier alpha value is -1.56. The van der Waals surface area contributed by atoms with Gasteiger partial charge in [0.25, 0.3) is 0 Å². The zero-order valence-corrected chi connectivity index (χ0v) is 13.5. The molecule has 1 aliphatic heterocycles. The maximum absolute atomic E-state index is 12.0. The quantitative estimate of drug-likeness (QED) is 0.633. The highest BCUT2D eigenvalue weighted by Gasteiger charge is 2.41. The summed E-state index contributed by atoms with van der Waals surface area (Å²) in [5.74, 6) is -0.0119. The molecule has 1 aromatic carbocycles. The van der Waals surface area contributed by atoms with Gasteiger partial charge in [-0.3, -0.25) is 4.79 Å². The van der Waals surface area contributed by atoms with Gasteiger partial charge in [-0.05, 0) is 45.4 Å². The van der Waals surface area contributed by atoms with Crippen LogP contribution in [0.25, 0.3) is 0 Å². The number of hydrogen-bond acceptors (Lipinski definition) is 5. The SMILES string of the molecule is CC(C)(C)S(=O)(=O)Oc1ccc([C@@]2(C)CCOC2=O)cc1. The lowest BCUT2D eigenvalue weighted by Crippen LogP contribution is -2.32. The standard InChI is InChI=1S/C15H20O5S/c1-14(2,3)21(17,18)20-12-7-5-11(6-8-12)15(4)9-10-19-13(15)16/h5-8H,9-10H2,1-4H3/t15-/m1/s1. The Labute approximate surface area is 125 Å². The van der Waals surface area contributed by atoms with E-state index in [1.54, 1.807) is 45.0 Å². The van der Waals surface area contributed by atoms with Gasteiger partial charge in [0.05, 0.1) is 16.8 Å². The number of carbonyl (C=O) groups is 1. The van der Waals surface area contributed by atoms with Crippen LogP contribution in [0, 0.1) is 0 Å². The Morgan fingerprint density at radius 3 is 2.19 bits per heavy atom. The number of ether oxygens (including phenoxy) is 1. The first-order chi connectivity index (χ1) is 9.56. The van der Waals surface area contributed by atoms with E-state index >= 15 is 0 Å². The minimum atomic E-state index is -3.70. The summed E-state index contributed by atoms with van der Waals surface area (Å²) in [4.78, 5) is 11.8. The molecular formula is C15H20O5S. The Morgan fingerprint density at radius 1 is 1.19 bits per heavy atom. The minimum Gasteiger partial charge on any atom is -0.465 e. The molecule has 1 saturated heterocycles. The third-order valence-corrected chi connectivity index (χ3v) is 5.64. The molecule has 0 N–H and O–H groups in total. The van der Waals surface area contributed by atoms with Crippen molar-refractivity contribution in [3.8, 4) is 5.75 Å². The molecule has 1 aliphatic rings. The fraction of sp³-hybridized carbons (Fsp3) is 0.533. The number of benzene rings is 1. The summed E-state index contributed by atoms with van der Waals surface area (Å²) in [6.45, 7) is 6.96. The second kappa shape index (κ2) is 5.02. The topological polar surface area (TPSA) is 69.7 Å². The van der Waals surface area contributed by atoms with Crippen LogP contribution in [0.15, 0.2) is 24.3 Å². The number of esters is 1. The van der Waals surface area contributed by atoms with E-state index in [1.165, 1.54) is 0 Å². The number of cyclic esters (lactones) is 1. The summed E-state index contributed by atoms with van der Waals surface area (Å²) in [5, 5.41) is 0. The average molecular weight is 312 g/mol. The van der Waals surface area contributed by atoms with Crippen LogP contribution in [0.1, 0.15) is 39.7 Å². The van der Waals surface area contributed by atoms with Gasteiger partial charge in [0.2, 0.25) is 0 Å². The van der Waals surface area contributed by atoms with Crippen molar-refractivity contribution in [2.24, 2.45) is 0 Å². The fourth-order valence-corrected chi connectivity index (χ4v) is 2.62. The van der Waals surface area contributed by atoms with Gasteiger partial charge in [-0.2, -0.15) is 8.42 Å². The van der Waals surface area contributed by atoms with Crippen molar-refractivity contribution in [1.29, 1.82) is 0 Å². The molecular weight excluding hydrogens is 292 g/mol. The molecule has 2 rings (SSSR count). The van der Waals surface area contributed by atoms with Gasteiger partial charge in [0.1, 0.15) is 5.75 Å². The molecule has 0 aliphatic carbocycles. The summed E-state index contributed by atoms with van der Waals surface area (Å²) < 4.78 is 33.1. The largest absolute Gasteiger partial charge is 0.465 e. The van der Waals surface area contributed by atoms with Crippen LogP contribution in [0.3, 0.4) is 0 Å². The molecule has 0 unspecified atom stereocenters. The predicted octanol–water partition coefficient (Wildman–Crippen LogP) is 2.40. The van der Waals surface area contributed by atoms with Gasteiger partial charge in [-0.25, -0.2) is 0 Å². The minimum absolute atomic E-state index is 0.239. The zero-order valence-electron chi connectivity index (χ0n) is 12.7. The highest BCUT2D eigenvalue weighted by Crippen LogP contribution is 2.35. The molecule has 1 aromatic rings. The maximum Gasteiger partial charge on any atom is 0.316 e. The molecule has 6 heteroatoms. The van der Waals surface area contributed by atoms with Crippen molar-refractivity contribution >= 4 is 16.1 Å². The summed E-state index contributed by atoms with van der Waals surface area (Å²) >= 11 is 0. The van der Waals surface area contributed by atoms with E-state index < -0.39 is 20.3 Å². The molecule has 116 valence electrons. The monoisotopic (exact) mass is 312 g/mol. The van der Waals surface area contributed by atoms with Crippen LogP contribution >= 0.6 is 0 Å². The van der Waals surface area contributed by atoms with E-state index in [9.17, 15) is 13.2 Å². The van der Waals surface area contributed by atoms with E-state index in [4.69, 9.17) is 8.92 Å². The van der Waals surface area contributed by atoms with Gasteiger partial charge < -0.3 is 8.92 Å². The van der Waals surface area contributed by atoms with Gasteiger partial charge >= 0.3 is 16.1 Å². The van der Waals surface area contributed by atoms with Crippen LogP contribution in [-0.2, 0) is 25.1 Å².